The number of nitrogens with one attached hydrogen (secondary N) is 1. The zero-order valence-corrected chi connectivity index (χ0v) is 17.3. The molecule has 0 amide bonds. The first-order valence-electron chi connectivity index (χ1n) is 10.5. The zero-order valence-electron chi connectivity index (χ0n) is 17.3. The third kappa shape index (κ3) is 4.15. The van der Waals surface area contributed by atoms with E-state index in [4.69, 9.17) is 9.84 Å². The van der Waals surface area contributed by atoms with Crippen LogP contribution in [0.4, 0.5) is 0 Å². The maximum atomic E-state index is 5.56. The lowest BCUT2D eigenvalue weighted by Gasteiger charge is -2.39. The largest absolute Gasteiger partial charge is 0.384 e. The van der Waals surface area contributed by atoms with Crippen LogP contribution in [-0.4, -0.2) is 55.6 Å². The van der Waals surface area contributed by atoms with E-state index in [-0.39, 0.29) is 0 Å². The standard InChI is InChI=1S/C21H38N4O/c1-5-21(16-26-4)10-8-17(9-11-21)20-18(15-24(3)14-12-22-2)23-25-13-6-7-19(20)25/h17,22H,5-16H2,1-4H3. The highest BCUT2D eigenvalue weighted by Gasteiger charge is 2.37. The fourth-order valence-corrected chi connectivity index (χ4v) is 5.06. The molecule has 1 N–H and O–H groups in total. The summed E-state index contributed by atoms with van der Waals surface area (Å²) in [6.07, 6.45) is 8.89. The van der Waals surface area contributed by atoms with Crippen molar-refractivity contribution in [2.45, 2.75) is 70.9 Å². The average Bonchev–Trinajstić information content (AvgIpc) is 3.22. The minimum Gasteiger partial charge on any atom is -0.384 e. The van der Waals surface area contributed by atoms with Gasteiger partial charge in [-0.25, -0.2) is 0 Å². The van der Waals surface area contributed by atoms with Gasteiger partial charge in [-0.15, -0.1) is 0 Å². The van der Waals surface area contributed by atoms with Crippen LogP contribution >= 0.6 is 0 Å². The van der Waals surface area contributed by atoms with Crippen molar-refractivity contribution in [1.82, 2.24) is 20.0 Å². The van der Waals surface area contributed by atoms with Crippen LogP contribution in [0, 0.1) is 5.41 Å². The summed E-state index contributed by atoms with van der Waals surface area (Å²) < 4.78 is 7.87. The van der Waals surface area contributed by atoms with E-state index in [1.165, 1.54) is 50.6 Å². The van der Waals surface area contributed by atoms with Crippen molar-refractivity contribution in [1.29, 1.82) is 0 Å². The van der Waals surface area contributed by atoms with Gasteiger partial charge in [-0.3, -0.25) is 9.58 Å². The molecule has 0 unspecified atom stereocenters. The minimum absolute atomic E-state index is 0.408. The minimum atomic E-state index is 0.408. The van der Waals surface area contributed by atoms with Gasteiger partial charge in [0.2, 0.25) is 0 Å². The SMILES string of the molecule is CCC1(COC)CCC(c2c(CN(C)CCNC)nn3c2CCC3)CC1. The number of methoxy groups -OCH3 is 1. The molecule has 5 heteroatoms. The molecule has 0 bridgehead atoms. The summed E-state index contributed by atoms with van der Waals surface area (Å²) in [5, 5.41) is 8.29. The molecule has 26 heavy (non-hydrogen) atoms. The molecule has 1 aliphatic carbocycles. The first-order valence-corrected chi connectivity index (χ1v) is 10.5. The van der Waals surface area contributed by atoms with Crippen LogP contribution in [0.25, 0.3) is 0 Å². The maximum absolute atomic E-state index is 5.56. The van der Waals surface area contributed by atoms with E-state index < -0.39 is 0 Å². The molecule has 2 heterocycles. The molecule has 1 fully saturated rings. The molecule has 1 aromatic heterocycles. The van der Waals surface area contributed by atoms with Crippen LogP contribution in [0.5, 0.6) is 0 Å². The van der Waals surface area contributed by atoms with Crippen LogP contribution in [0.3, 0.4) is 0 Å². The third-order valence-corrected chi connectivity index (χ3v) is 6.78. The summed E-state index contributed by atoms with van der Waals surface area (Å²) in [6, 6.07) is 0. The van der Waals surface area contributed by atoms with Gasteiger partial charge in [0.15, 0.2) is 0 Å². The van der Waals surface area contributed by atoms with Gasteiger partial charge in [0, 0.05) is 44.5 Å². The monoisotopic (exact) mass is 362 g/mol. The normalized spacial score (nSPS) is 25.8. The van der Waals surface area contributed by atoms with E-state index in [1.54, 1.807) is 11.3 Å². The number of hydrogen-bond acceptors (Lipinski definition) is 4. The molecule has 0 aromatic carbocycles. The van der Waals surface area contributed by atoms with Gasteiger partial charge < -0.3 is 10.1 Å². The fourth-order valence-electron chi connectivity index (χ4n) is 5.06. The highest BCUT2D eigenvalue weighted by Crippen LogP contribution is 2.47. The average molecular weight is 363 g/mol. The first-order chi connectivity index (χ1) is 12.6. The van der Waals surface area contributed by atoms with Gasteiger partial charge in [0.25, 0.3) is 0 Å². The van der Waals surface area contributed by atoms with E-state index in [9.17, 15) is 0 Å². The molecule has 1 aromatic rings. The Kier molecular flexibility index (Phi) is 6.76. The van der Waals surface area contributed by atoms with E-state index >= 15 is 0 Å². The first kappa shape index (κ1) is 19.8. The number of likely N-dealkylation sites (N-methyl/N-ethyl adjacent to an activating group) is 2. The third-order valence-electron chi connectivity index (χ3n) is 6.78. The van der Waals surface area contributed by atoms with Gasteiger partial charge in [0.05, 0.1) is 12.3 Å². The Labute approximate surface area is 159 Å². The summed E-state index contributed by atoms with van der Waals surface area (Å²) in [6.45, 7) is 7.43. The highest BCUT2D eigenvalue weighted by molar-refractivity contribution is 5.33. The molecule has 2 aliphatic rings. The topological polar surface area (TPSA) is 42.3 Å². The Bertz CT molecular complexity index is 575. The zero-order chi connectivity index (χ0) is 18.6. The van der Waals surface area contributed by atoms with Gasteiger partial charge in [0.1, 0.15) is 0 Å². The fraction of sp³-hybridized carbons (Fsp3) is 0.857. The molecular weight excluding hydrogens is 324 g/mol. The van der Waals surface area contributed by atoms with Gasteiger partial charge >= 0.3 is 0 Å². The van der Waals surface area contributed by atoms with E-state index in [2.05, 4.69) is 28.9 Å². The molecule has 1 saturated carbocycles. The Hall–Kier alpha value is -0.910. The van der Waals surface area contributed by atoms with Crippen molar-refractivity contribution in [3.05, 3.63) is 17.0 Å². The number of aromatic nitrogens is 2. The molecular formula is C21H38N4O. The van der Waals surface area contributed by atoms with Gasteiger partial charge in [-0.05, 0) is 70.4 Å². The van der Waals surface area contributed by atoms with Gasteiger partial charge in [-0.2, -0.15) is 5.10 Å². The molecule has 0 atom stereocenters. The number of nitrogens with zero attached hydrogens (tertiary/aromatic N) is 3. The van der Waals surface area contributed by atoms with Crippen molar-refractivity contribution in [3.8, 4) is 0 Å². The summed E-state index contributed by atoms with van der Waals surface area (Å²) in [5.41, 5.74) is 4.91. The van der Waals surface area contributed by atoms with E-state index in [1.807, 2.05) is 14.2 Å². The smallest absolute Gasteiger partial charge is 0.0802 e. The summed E-state index contributed by atoms with van der Waals surface area (Å²) in [7, 11) is 6.09. The molecule has 5 nitrogen and oxygen atoms in total. The maximum Gasteiger partial charge on any atom is 0.0802 e. The Morgan fingerprint density at radius 2 is 2.12 bits per heavy atom. The lowest BCUT2D eigenvalue weighted by atomic mass is 9.67. The van der Waals surface area contributed by atoms with Crippen LogP contribution < -0.4 is 5.32 Å². The second-order valence-electron chi connectivity index (χ2n) is 8.54. The number of ether oxygens (including phenoxy) is 1. The Morgan fingerprint density at radius 3 is 2.77 bits per heavy atom. The van der Waals surface area contributed by atoms with Crippen LogP contribution in [0.15, 0.2) is 0 Å². The summed E-state index contributed by atoms with van der Waals surface area (Å²) in [5.74, 6) is 0.695. The highest BCUT2D eigenvalue weighted by atomic mass is 16.5. The van der Waals surface area contributed by atoms with Crippen LogP contribution in [0.2, 0.25) is 0 Å². The van der Waals surface area contributed by atoms with Crippen molar-refractivity contribution in [3.63, 3.8) is 0 Å². The number of rotatable bonds is 9. The van der Waals surface area contributed by atoms with E-state index in [0.29, 0.717) is 11.3 Å². The molecule has 148 valence electrons. The lowest BCUT2D eigenvalue weighted by molar-refractivity contribution is 0.0406. The summed E-state index contributed by atoms with van der Waals surface area (Å²) in [4.78, 5) is 2.40. The molecule has 0 radical (unpaired) electrons. The lowest BCUT2D eigenvalue weighted by Crippen LogP contribution is -2.31. The van der Waals surface area contributed by atoms with Crippen molar-refractivity contribution in [2.24, 2.45) is 5.41 Å². The molecule has 0 saturated heterocycles. The Morgan fingerprint density at radius 1 is 1.35 bits per heavy atom. The van der Waals surface area contributed by atoms with Crippen molar-refractivity contribution in [2.75, 3.05) is 40.9 Å². The molecule has 1 aliphatic heterocycles. The second-order valence-corrected chi connectivity index (χ2v) is 8.54. The molecule has 0 spiro atoms. The predicted octanol–water partition coefficient (Wildman–Crippen LogP) is 3.18. The quantitative estimate of drug-likeness (QED) is 0.733. The number of fused-ring (bicyclic) bond motifs is 1. The number of aryl methyl sites for hydroxylation is 1. The van der Waals surface area contributed by atoms with E-state index in [0.717, 1.165) is 32.8 Å². The Balaban J connectivity index is 1.75. The predicted molar refractivity (Wildman–Crippen MR) is 107 cm³/mol. The number of hydrogen-bond donors (Lipinski definition) is 1. The van der Waals surface area contributed by atoms with Crippen molar-refractivity contribution < 1.29 is 4.74 Å². The second kappa shape index (κ2) is 8.85. The van der Waals surface area contributed by atoms with Gasteiger partial charge in [-0.1, -0.05) is 6.92 Å². The van der Waals surface area contributed by atoms with Crippen molar-refractivity contribution >= 4 is 0 Å². The van der Waals surface area contributed by atoms with Crippen LogP contribution in [0.1, 0.15) is 68.3 Å². The summed E-state index contributed by atoms with van der Waals surface area (Å²) >= 11 is 0. The van der Waals surface area contributed by atoms with Crippen LogP contribution in [-0.2, 0) is 24.2 Å². The molecule has 3 rings (SSSR count).